The Balaban J connectivity index is 2.26. The van der Waals surface area contributed by atoms with Crippen molar-refractivity contribution in [3.8, 4) is 6.07 Å². The summed E-state index contributed by atoms with van der Waals surface area (Å²) in [5.41, 5.74) is 0.922. The second-order valence-corrected chi connectivity index (χ2v) is 6.74. The predicted octanol–water partition coefficient (Wildman–Crippen LogP) is 5.26. The zero-order chi connectivity index (χ0) is 13.1. The average Bonchev–Trinajstić information content (AvgIpc) is 2.68. The molecule has 0 bridgehead atoms. The van der Waals surface area contributed by atoms with Gasteiger partial charge in [-0.25, -0.2) is 0 Å². The van der Waals surface area contributed by atoms with Crippen LogP contribution in [-0.2, 0) is 0 Å². The summed E-state index contributed by atoms with van der Waals surface area (Å²) in [6.07, 6.45) is 0. The van der Waals surface area contributed by atoms with Crippen LogP contribution < -0.4 is 5.32 Å². The molecule has 1 atom stereocenters. The number of benzene rings is 1. The van der Waals surface area contributed by atoms with Crippen molar-refractivity contribution in [2.45, 2.75) is 13.0 Å². The number of hydrogen-bond donors (Lipinski definition) is 1. The van der Waals surface area contributed by atoms with Crippen LogP contribution in [0.1, 0.15) is 15.8 Å². The Labute approximate surface area is 127 Å². The Kier molecular flexibility index (Phi) is 4.44. The number of nitriles is 1. The van der Waals surface area contributed by atoms with Crippen LogP contribution >= 0.6 is 43.2 Å². The Morgan fingerprint density at radius 3 is 2.56 bits per heavy atom. The van der Waals surface area contributed by atoms with Gasteiger partial charge >= 0.3 is 0 Å². The molecule has 1 heterocycles. The summed E-state index contributed by atoms with van der Waals surface area (Å²) in [5, 5.41) is 12.5. The van der Waals surface area contributed by atoms with Crippen LogP contribution in [0.4, 0.5) is 5.69 Å². The van der Waals surface area contributed by atoms with Crippen LogP contribution in [0.3, 0.4) is 0 Å². The van der Waals surface area contributed by atoms with Gasteiger partial charge in [0.05, 0.1) is 6.07 Å². The van der Waals surface area contributed by atoms with Crippen molar-refractivity contribution < 1.29 is 0 Å². The number of thiophene rings is 1. The molecule has 0 radical (unpaired) electrons. The highest BCUT2D eigenvalue weighted by Crippen LogP contribution is 2.33. The van der Waals surface area contributed by atoms with Gasteiger partial charge in [-0.2, -0.15) is 5.26 Å². The van der Waals surface area contributed by atoms with E-state index in [1.54, 1.807) is 11.3 Å². The second-order valence-electron chi connectivity index (χ2n) is 3.74. The lowest BCUT2D eigenvalue weighted by atomic mass is 10.2. The minimum absolute atomic E-state index is 0.335. The lowest BCUT2D eigenvalue weighted by molar-refractivity contribution is 1.02. The zero-order valence-electron chi connectivity index (χ0n) is 9.58. The Bertz CT molecular complexity index is 582. The maximum atomic E-state index is 9.30. The highest BCUT2D eigenvalue weighted by molar-refractivity contribution is 9.11. The molecule has 2 aromatic rings. The molecular formula is C13H10Br2N2S. The molecule has 0 aliphatic heterocycles. The largest absolute Gasteiger partial charge is 0.365 e. The second kappa shape index (κ2) is 5.87. The third-order valence-corrected chi connectivity index (χ3v) is 5.36. The summed E-state index contributed by atoms with van der Waals surface area (Å²) in [6, 6.07) is 11.7. The maximum Gasteiger partial charge on any atom is 0.149 e. The fourth-order valence-corrected chi connectivity index (χ4v) is 3.48. The molecule has 0 fully saturated rings. The van der Waals surface area contributed by atoms with Crippen molar-refractivity contribution in [1.29, 1.82) is 5.26 Å². The van der Waals surface area contributed by atoms with Crippen LogP contribution in [0.15, 0.2) is 39.3 Å². The minimum Gasteiger partial charge on any atom is -0.365 e. The van der Waals surface area contributed by atoms with Crippen molar-refractivity contribution in [3.63, 3.8) is 0 Å². The minimum atomic E-state index is -0.335. The van der Waals surface area contributed by atoms with E-state index in [1.165, 1.54) is 4.88 Å². The van der Waals surface area contributed by atoms with Crippen molar-refractivity contribution in [3.05, 3.63) is 49.0 Å². The van der Waals surface area contributed by atoms with Crippen molar-refractivity contribution in [2.24, 2.45) is 0 Å². The first-order chi connectivity index (χ1) is 8.61. The van der Waals surface area contributed by atoms with E-state index >= 15 is 0 Å². The fraction of sp³-hybridized carbons (Fsp3) is 0.154. The fourth-order valence-electron chi connectivity index (χ4n) is 1.52. The van der Waals surface area contributed by atoms with E-state index in [0.717, 1.165) is 19.5 Å². The molecule has 18 heavy (non-hydrogen) atoms. The molecule has 0 amide bonds. The summed E-state index contributed by atoms with van der Waals surface area (Å²) in [7, 11) is 0. The summed E-state index contributed by atoms with van der Waals surface area (Å²) < 4.78 is 2.01. The molecule has 1 N–H and O–H groups in total. The van der Waals surface area contributed by atoms with E-state index in [9.17, 15) is 5.26 Å². The third kappa shape index (κ3) is 2.94. The lowest BCUT2D eigenvalue weighted by Crippen LogP contribution is -2.07. The normalized spacial score (nSPS) is 11.9. The van der Waals surface area contributed by atoms with Crippen LogP contribution in [0, 0.1) is 18.3 Å². The van der Waals surface area contributed by atoms with Gasteiger partial charge in [0, 0.05) is 24.4 Å². The molecule has 0 saturated heterocycles. The van der Waals surface area contributed by atoms with E-state index in [1.807, 2.05) is 37.3 Å². The standard InChI is InChI=1S/C13H10Br2N2S/c1-8-10(15)6-13(18-8)12(7-16)17-11-5-3-2-4-9(11)14/h2-6,12,17H,1H3. The Hall–Kier alpha value is -0.830. The molecule has 92 valence electrons. The quantitative estimate of drug-likeness (QED) is 0.782. The van der Waals surface area contributed by atoms with Gasteiger partial charge in [-0.1, -0.05) is 12.1 Å². The molecule has 1 aromatic carbocycles. The molecule has 1 unspecified atom stereocenters. The Morgan fingerprint density at radius 2 is 2.00 bits per heavy atom. The van der Waals surface area contributed by atoms with Crippen molar-refractivity contribution in [2.75, 3.05) is 5.32 Å². The van der Waals surface area contributed by atoms with Gasteiger partial charge in [0.1, 0.15) is 6.04 Å². The van der Waals surface area contributed by atoms with Crippen LogP contribution in [-0.4, -0.2) is 0 Å². The number of nitrogens with one attached hydrogen (secondary N) is 1. The van der Waals surface area contributed by atoms with Gasteiger partial charge in [0.15, 0.2) is 0 Å². The monoisotopic (exact) mass is 384 g/mol. The number of nitrogens with zero attached hydrogens (tertiary/aromatic N) is 1. The average molecular weight is 386 g/mol. The number of aryl methyl sites for hydroxylation is 1. The molecule has 5 heteroatoms. The molecule has 0 aliphatic rings. The Morgan fingerprint density at radius 1 is 1.28 bits per heavy atom. The SMILES string of the molecule is Cc1sc(C(C#N)Nc2ccccc2Br)cc1Br. The molecule has 0 saturated carbocycles. The van der Waals surface area contributed by atoms with Crippen LogP contribution in [0.25, 0.3) is 0 Å². The molecule has 0 aliphatic carbocycles. The number of rotatable bonds is 3. The summed E-state index contributed by atoms with van der Waals surface area (Å²) in [5.74, 6) is 0. The topological polar surface area (TPSA) is 35.8 Å². The van der Waals surface area contributed by atoms with E-state index in [4.69, 9.17) is 0 Å². The van der Waals surface area contributed by atoms with E-state index in [2.05, 4.69) is 43.2 Å². The zero-order valence-corrected chi connectivity index (χ0v) is 13.6. The van der Waals surface area contributed by atoms with Crippen molar-refractivity contribution in [1.82, 2.24) is 0 Å². The smallest absolute Gasteiger partial charge is 0.149 e. The summed E-state index contributed by atoms with van der Waals surface area (Å²) >= 11 is 8.57. The number of hydrogen-bond acceptors (Lipinski definition) is 3. The predicted molar refractivity (Wildman–Crippen MR) is 82.9 cm³/mol. The third-order valence-electron chi connectivity index (χ3n) is 2.46. The number of halogens is 2. The van der Waals surface area contributed by atoms with E-state index in [0.29, 0.717) is 0 Å². The van der Waals surface area contributed by atoms with Gasteiger partial charge in [0.25, 0.3) is 0 Å². The van der Waals surface area contributed by atoms with Gasteiger partial charge in [-0.15, -0.1) is 11.3 Å². The van der Waals surface area contributed by atoms with E-state index in [-0.39, 0.29) is 6.04 Å². The summed E-state index contributed by atoms with van der Waals surface area (Å²) in [6.45, 7) is 2.03. The first-order valence-electron chi connectivity index (χ1n) is 5.28. The van der Waals surface area contributed by atoms with E-state index < -0.39 is 0 Å². The highest BCUT2D eigenvalue weighted by Gasteiger charge is 2.15. The highest BCUT2D eigenvalue weighted by atomic mass is 79.9. The van der Waals surface area contributed by atoms with Gasteiger partial charge in [-0.3, -0.25) is 0 Å². The van der Waals surface area contributed by atoms with Gasteiger partial charge in [0.2, 0.25) is 0 Å². The van der Waals surface area contributed by atoms with Crippen LogP contribution in [0.2, 0.25) is 0 Å². The first-order valence-corrected chi connectivity index (χ1v) is 7.68. The summed E-state index contributed by atoms with van der Waals surface area (Å²) in [4.78, 5) is 2.19. The van der Waals surface area contributed by atoms with Crippen LogP contribution in [0.5, 0.6) is 0 Å². The molecule has 1 aromatic heterocycles. The maximum absolute atomic E-state index is 9.30. The van der Waals surface area contributed by atoms with Gasteiger partial charge in [-0.05, 0) is 57.0 Å². The lowest BCUT2D eigenvalue weighted by Gasteiger charge is -2.12. The molecular weight excluding hydrogens is 376 g/mol. The molecule has 2 nitrogen and oxygen atoms in total. The number of para-hydroxylation sites is 1. The molecule has 2 rings (SSSR count). The van der Waals surface area contributed by atoms with Crippen molar-refractivity contribution >= 4 is 48.9 Å². The number of anilines is 1. The van der Waals surface area contributed by atoms with Gasteiger partial charge < -0.3 is 5.32 Å². The molecule has 0 spiro atoms. The first kappa shape index (κ1) is 13.6.